The second-order valence-corrected chi connectivity index (χ2v) is 4.61. The van der Waals surface area contributed by atoms with Crippen molar-refractivity contribution < 1.29 is 24.4 Å². The van der Waals surface area contributed by atoms with E-state index in [0.717, 1.165) is 5.56 Å². The van der Waals surface area contributed by atoms with E-state index in [1.54, 1.807) is 0 Å². The van der Waals surface area contributed by atoms with E-state index in [1.165, 1.54) is 0 Å². The Morgan fingerprint density at radius 1 is 1.00 bits per heavy atom. The molecule has 0 saturated carbocycles. The molecule has 5 atom stereocenters. The molecule has 2 N–H and O–H groups in total. The Morgan fingerprint density at radius 3 is 2.56 bits per heavy atom. The van der Waals surface area contributed by atoms with E-state index in [9.17, 15) is 10.2 Å². The first-order valence-electron chi connectivity index (χ1n) is 6.05. The molecule has 2 aliphatic rings. The number of benzene rings is 1. The topological polar surface area (TPSA) is 68.2 Å². The maximum absolute atomic E-state index is 9.93. The van der Waals surface area contributed by atoms with Gasteiger partial charge < -0.3 is 24.4 Å². The number of rotatable bonds is 1. The van der Waals surface area contributed by atoms with Crippen molar-refractivity contribution in [3.8, 4) is 0 Å². The third-order valence-electron chi connectivity index (χ3n) is 3.34. The molecule has 2 fully saturated rings. The van der Waals surface area contributed by atoms with Crippen molar-refractivity contribution in [3.63, 3.8) is 0 Å². The van der Waals surface area contributed by atoms with Crippen LogP contribution in [0.2, 0.25) is 0 Å². The summed E-state index contributed by atoms with van der Waals surface area (Å²) in [5.41, 5.74) is 0.892. The van der Waals surface area contributed by atoms with Crippen LogP contribution in [0.4, 0.5) is 0 Å². The number of aliphatic hydroxyl groups is 2. The molecule has 0 aliphatic carbocycles. The predicted molar refractivity (Wildman–Crippen MR) is 61.8 cm³/mol. The minimum Gasteiger partial charge on any atom is -0.388 e. The average molecular weight is 252 g/mol. The molecular formula is C13H16O5. The molecule has 5 nitrogen and oxygen atoms in total. The lowest BCUT2D eigenvalue weighted by molar-refractivity contribution is -0.314. The first-order valence-corrected chi connectivity index (χ1v) is 6.05. The maximum Gasteiger partial charge on any atom is 0.184 e. The third kappa shape index (κ3) is 2.15. The van der Waals surface area contributed by atoms with Gasteiger partial charge in [-0.1, -0.05) is 30.3 Å². The van der Waals surface area contributed by atoms with Gasteiger partial charge in [0.25, 0.3) is 0 Å². The summed E-state index contributed by atoms with van der Waals surface area (Å²) in [6.45, 7) is 0.471. The third-order valence-corrected chi connectivity index (χ3v) is 3.34. The van der Waals surface area contributed by atoms with E-state index in [-0.39, 0.29) is 12.7 Å². The van der Waals surface area contributed by atoms with Crippen LogP contribution in [0, 0.1) is 0 Å². The van der Waals surface area contributed by atoms with Crippen LogP contribution in [0.1, 0.15) is 11.9 Å². The summed E-state index contributed by atoms with van der Waals surface area (Å²) in [4.78, 5) is 0. The molecular weight excluding hydrogens is 236 g/mol. The largest absolute Gasteiger partial charge is 0.388 e. The number of hydrogen-bond donors (Lipinski definition) is 2. The Labute approximate surface area is 105 Å². The van der Waals surface area contributed by atoms with Crippen molar-refractivity contribution in [1.82, 2.24) is 0 Å². The Bertz CT molecular complexity index is 394. The molecule has 2 aliphatic heterocycles. The first kappa shape index (κ1) is 12.1. The number of ether oxygens (including phenoxy) is 3. The van der Waals surface area contributed by atoms with E-state index in [2.05, 4.69) is 0 Å². The van der Waals surface area contributed by atoms with E-state index in [0.29, 0.717) is 6.61 Å². The zero-order chi connectivity index (χ0) is 12.5. The fraction of sp³-hybridized carbons (Fsp3) is 0.538. The summed E-state index contributed by atoms with van der Waals surface area (Å²) in [7, 11) is 0. The van der Waals surface area contributed by atoms with Gasteiger partial charge in [-0.05, 0) is 0 Å². The standard InChI is InChI=1S/C13H16O5/c14-9-6-16-10-7-17-13(18-12(10)11(9)15)8-4-2-1-3-5-8/h1-5,9-15H,6-7H2/t9-,10+,11-,12-,13-/m1/s1. The average Bonchev–Trinajstić information content (AvgIpc) is 2.44. The molecule has 0 bridgehead atoms. The smallest absolute Gasteiger partial charge is 0.184 e. The number of hydrogen-bond acceptors (Lipinski definition) is 5. The molecule has 0 aromatic heterocycles. The SMILES string of the molecule is O[C@H]1[C@@H]2O[C@H](c3ccccc3)OC[C@@H]2OC[C@H]1O. The van der Waals surface area contributed by atoms with Crippen molar-refractivity contribution >= 4 is 0 Å². The Kier molecular flexibility index (Phi) is 3.32. The van der Waals surface area contributed by atoms with Crippen molar-refractivity contribution in [2.75, 3.05) is 13.2 Å². The van der Waals surface area contributed by atoms with Crippen LogP contribution < -0.4 is 0 Å². The number of aliphatic hydroxyl groups excluding tert-OH is 2. The summed E-state index contributed by atoms with van der Waals surface area (Å²) in [6, 6.07) is 9.51. The van der Waals surface area contributed by atoms with Gasteiger partial charge in [-0.3, -0.25) is 0 Å². The minimum absolute atomic E-state index is 0.116. The molecule has 2 heterocycles. The van der Waals surface area contributed by atoms with Crippen LogP contribution in [0.5, 0.6) is 0 Å². The van der Waals surface area contributed by atoms with E-state index < -0.39 is 24.6 Å². The minimum atomic E-state index is -0.932. The highest BCUT2D eigenvalue weighted by Gasteiger charge is 2.44. The van der Waals surface area contributed by atoms with Crippen LogP contribution in [-0.2, 0) is 14.2 Å². The van der Waals surface area contributed by atoms with Crippen LogP contribution in [0.25, 0.3) is 0 Å². The second-order valence-electron chi connectivity index (χ2n) is 4.61. The Morgan fingerprint density at radius 2 is 1.78 bits per heavy atom. The zero-order valence-corrected chi connectivity index (χ0v) is 9.81. The van der Waals surface area contributed by atoms with Gasteiger partial charge in [-0.15, -0.1) is 0 Å². The normalized spacial score (nSPS) is 40.2. The van der Waals surface area contributed by atoms with Crippen LogP contribution in [0.15, 0.2) is 30.3 Å². The molecule has 2 saturated heterocycles. The zero-order valence-electron chi connectivity index (χ0n) is 9.81. The monoisotopic (exact) mass is 252 g/mol. The summed E-state index contributed by atoms with van der Waals surface area (Å²) in [5.74, 6) is 0. The molecule has 1 aromatic carbocycles. The van der Waals surface area contributed by atoms with E-state index in [1.807, 2.05) is 30.3 Å². The van der Waals surface area contributed by atoms with Gasteiger partial charge in [-0.2, -0.15) is 0 Å². The molecule has 0 radical (unpaired) electrons. The molecule has 0 unspecified atom stereocenters. The van der Waals surface area contributed by atoms with Gasteiger partial charge in [0.05, 0.1) is 13.2 Å². The lowest BCUT2D eigenvalue weighted by Crippen LogP contribution is -2.58. The van der Waals surface area contributed by atoms with Gasteiger partial charge in [0.2, 0.25) is 0 Å². The molecule has 3 rings (SSSR count). The van der Waals surface area contributed by atoms with Crippen LogP contribution in [-0.4, -0.2) is 47.8 Å². The lowest BCUT2D eigenvalue weighted by Gasteiger charge is -2.43. The van der Waals surface area contributed by atoms with Gasteiger partial charge >= 0.3 is 0 Å². The van der Waals surface area contributed by atoms with Crippen LogP contribution >= 0.6 is 0 Å². The summed E-state index contributed by atoms with van der Waals surface area (Å²) in [5, 5.41) is 19.5. The summed E-state index contributed by atoms with van der Waals surface area (Å²) >= 11 is 0. The van der Waals surface area contributed by atoms with Gasteiger partial charge in [0.1, 0.15) is 24.4 Å². The van der Waals surface area contributed by atoms with Gasteiger partial charge in [0.15, 0.2) is 6.29 Å². The highest BCUT2D eigenvalue weighted by molar-refractivity contribution is 5.16. The Hall–Kier alpha value is -0.980. The van der Waals surface area contributed by atoms with Crippen molar-refractivity contribution in [3.05, 3.63) is 35.9 Å². The quantitative estimate of drug-likeness (QED) is 0.748. The van der Waals surface area contributed by atoms with E-state index in [4.69, 9.17) is 14.2 Å². The highest BCUT2D eigenvalue weighted by atomic mass is 16.7. The van der Waals surface area contributed by atoms with Crippen molar-refractivity contribution in [1.29, 1.82) is 0 Å². The molecule has 18 heavy (non-hydrogen) atoms. The summed E-state index contributed by atoms with van der Waals surface area (Å²) < 4.78 is 16.7. The first-order chi connectivity index (χ1) is 8.75. The highest BCUT2D eigenvalue weighted by Crippen LogP contribution is 2.31. The van der Waals surface area contributed by atoms with Crippen molar-refractivity contribution in [2.45, 2.75) is 30.7 Å². The van der Waals surface area contributed by atoms with Crippen LogP contribution in [0.3, 0.4) is 0 Å². The van der Waals surface area contributed by atoms with E-state index >= 15 is 0 Å². The number of fused-ring (bicyclic) bond motifs is 1. The van der Waals surface area contributed by atoms with Gasteiger partial charge in [0, 0.05) is 5.56 Å². The fourth-order valence-electron chi connectivity index (χ4n) is 2.31. The molecule has 5 heteroatoms. The molecule has 1 aromatic rings. The molecule has 98 valence electrons. The predicted octanol–water partition coefficient (Wildman–Crippen LogP) is 0.221. The van der Waals surface area contributed by atoms with Gasteiger partial charge in [-0.25, -0.2) is 0 Å². The van der Waals surface area contributed by atoms with Crippen molar-refractivity contribution in [2.24, 2.45) is 0 Å². The molecule has 0 amide bonds. The Balaban J connectivity index is 1.75. The lowest BCUT2D eigenvalue weighted by atomic mass is 9.99. The fourth-order valence-corrected chi connectivity index (χ4v) is 2.31. The molecule has 0 spiro atoms. The summed E-state index contributed by atoms with van der Waals surface area (Å²) in [6.07, 6.45) is -3.22. The second kappa shape index (κ2) is 4.95. The maximum atomic E-state index is 9.93.